The lowest BCUT2D eigenvalue weighted by Crippen LogP contribution is -2.52. The molecule has 50 heavy (non-hydrogen) atoms. The zero-order valence-corrected chi connectivity index (χ0v) is 36.9. The van der Waals surface area contributed by atoms with Gasteiger partial charge in [0.2, 0.25) is 0 Å². The molecule has 0 fully saturated rings. The summed E-state index contributed by atoms with van der Waals surface area (Å²) in [5, 5.41) is 24.0. The Labute approximate surface area is 310 Å². The third-order valence-corrected chi connectivity index (χ3v) is 17.3. The van der Waals surface area contributed by atoms with Gasteiger partial charge in [0.15, 0.2) is 8.32 Å². The van der Waals surface area contributed by atoms with Crippen molar-refractivity contribution in [3.63, 3.8) is 0 Å². The topological polar surface area (TPSA) is 115 Å². The van der Waals surface area contributed by atoms with E-state index in [2.05, 4.69) is 89.9 Å². The van der Waals surface area contributed by atoms with Gasteiger partial charge in [-0.05, 0) is 88.2 Å². The maximum Gasteiger partial charge on any atom is 0.305 e. The molecule has 0 radical (unpaired) electrons. The van der Waals surface area contributed by atoms with Crippen molar-refractivity contribution in [3.8, 4) is 0 Å². The minimum Gasteiger partial charge on any atom is -0.481 e. The summed E-state index contributed by atoms with van der Waals surface area (Å²) in [4.78, 5) is 30.3. The molecule has 0 aliphatic heterocycles. The maximum absolute atomic E-state index is 13.9. The summed E-state index contributed by atoms with van der Waals surface area (Å²) >= 11 is 1.63. The number of thiazole rings is 1. The van der Waals surface area contributed by atoms with E-state index in [0.717, 1.165) is 48.0 Å². The number of hydrogen-bond acceptors (Lipinski definition) is 8. The summed E-state index contributed by atoms with van der Waals surface area (Å²) in [5.41, 5.74) is 2.23. The van der Waals surface area contributed by atoms with Gasteiger partial charge in [0, 0.05) is 31.4 Å². The normalized spacial score (nSPS) is 17.0. The molecule has 2 N–H and O–H groups in total. The Hall–Kier alpha value is -1.48. The average molecular weight is 754 g/mol. The highest BCUT2D eigenvalue weighted by Gasteiger charge is 2.48. The fraction of sp³-hybridized carbons (Fsp3) is 0.769. The molecule has 0 bridgehead atoms. The number of rotatable bonds is 23. The van der Waals surface area contributed by atoms with Crippen molar-refractivity contribution >= 4 is 45.6 Å². The number of carboxylic acids is 1. The van der Waals surface area contributed by atoms with Crippen molar-refractivity contribution in [2.75, 3.05) is 13.4 Å². The van der Waals surface area contributed by atoms with E-state index >= 15 is 0 Å². The van der Waals surface area contributed by atoms with Crippen molar-refractivity contribution in [1.29, 1.82) is 0 Å². The predicted octanol–water partition coefficient (Wildman–Crippen LogP) is 10.2. The van der Waals surface area contributed by atoms with Crippen LogP contribution in [0.15, 0.2) is 22.6 Å². The van der Waals surface area contributed by atoms with E-state index in [0.29, 0.717) is 6.61 Å². The fourth-order valence-electron chi connectivity index (χ4n) is 5.54. The molecule has 0 aliphatic rings. The van der Waals surface area contributed by atoms with Gasteiger partial charge in [0.05, 0.1) is 35.4 Å². The maximum atomic E-state index is 13.9. The standard InChI is InChI=1S/C39H71NO7SSi2/c1-27(19-20-33(46-26-45-21-22-49(11,12)13)29(3)23-32-25-48-31(5)40-32)17-16-18-28(2)36(43)30(4)37(44)39(9,10)34(24-35(41)42)47-50(14,15)38(6,7)8/h19,23,25,28,30,33-34,36,43H,16-18,20-22,24,26H2,1-15H3,(H,41,42)/b27-19-,29-23+/t28-,30+,33-,34-,36-/m0/s1. The smallest absolute Gasteiger partial charge is 0.305 e. The molecule has 0 aliphatic carbocycles. The first-order valence-corrected chi connectivity index (χ1v) is 25.8. The first-order valence-electron chi connectivity index (χ1n) is 18.4. The second-order valence-corrected chi connectivity index (χ2v) is 29.1. The van der Waals surface area contributed by atoms with Crippen LogP contribution in [0, 0.1) is 24.2 Å². The van der Waals surface area contributed by atoms with Gasteiger partial charge in [-0.2, -0.15) is 0 Å². The van der Waals surface area contributed by atoms with Crippen LogP contribution in [0.4, 0.5) is 0 Å². The second-order valence-electron chi connectivity index (χ2n) is 17.7. The number of allylic oxidation sites excluding steroid dienone is 1. The van der Waals surface area contributed by atoms with Gasteiger partial charge in [0.1, 0.15) is 12.6 Å². The Kier molecular flexibility index (Phi) is 18.7. The number of aliphatic carboxylic acids is 1. The number of aliphatic hydroxyl groups is 1. The Morgan fingerprint density at radius 2 is 1.68 bits per heavy atom. The Balaban J connectivity index is 2.87. The highest BCUT2D eigenvalue weighted by atomic mass is 32.1. The number of aryl methyl sites for hydroxylation is 1. The molecule has 0 aromatic carbocycles. The number of aliphatic hydroxyl groups excluding tert-OH is 1. The quantitative estimate of drug-likeness (QED) is 0.0491. The zero-order valence-electron chi connectivity index (χ0n) is 34.1. The molecular formula is C39H71NO7SSi2. The summed E-state index contributed by atoms with van der Waals surface area (Å²) in [6, 6.07) is 1.10. The van der Waals surface area contributed by atoms with Crippen molar-refractivity contribution in [1.82, 2.24) is 4.98 Å². The van der Waals surface area contributed by atoms with E-state index in [-0.39, 0.29) is 36.1 Å². The first kappa shape index (κ1) is 46.5. The van der Waals surface area contributed by atoms with Crippen LogP contribution in [0.25, 0.3) is 6.08 Å². The number of hydrogen-bond donors (Lipinski definition) is 2. The number of carbonyl (C=O) groups excluding carboxylic acids is 1. The monoisotopic (exact) mass is 753 g/mol. The van der Waals surface area contributed by atoms with Gasteiger partial charge >= 0.3 is 5.97 Å². The molecule has 0 saturated heterocycles. The van der Waals surface area contributed by atoms with Crippen LogP contribution in [-0.2, 0) is 23.5 Å². The molecule has 0 spiro atoms. The number of aromatic nitrogens is 1. The van der Waals surface area contributed by atoms with Gasteiger partial charge in [-0.1, -0.05) is 79.8 Å². The minimum absolute atomic E-state index is 0.104. The Morgan fingerprint density at radius 3 is 2.20 bits per heavy atom. The summed E-state index contributed by atoms with van der Waals surface area (Å²) in [7, 11) is -3.53. The summed E-state index contributed by atoms with van der Waals surface area (Å²) in [6.07, 6.45) is 5.56. The highest BCUT2D eigenvalue weighted by molar-refractivity contribution is 7.09. The van der Waals surface area contributed by atoms with Crippen LogP contribution in [-0.4, -0.2) is 75.1 Å². The van der Waals surface area contributed by atoms with Crippen LogP contribution in [0.3, 0.4) is 0 Å². The Morgan fingerprint density at radius 1 is 1.06 bits per heavy atom. The van der Waals surface area contributed by atoms with Crippen LogP contribution in [0.5, 0.6) is 0 Å². The Bertz CT molecular complexity index is 1280. The molecule has 288 valence electrons. The van der Waals surface area contributed by atoms with E-state index in [1.165, 1.54) is 5.57 Å². The molecule has 8 nitrogen and oxygen atoms in total. The van der Waals surface area contributed by atoms with Crippen molar-refractivity contribution < 1.29 is 33.7 Å². The number of Topliss-reactive ketones (excluding diaryl/α,β-unsaturated/α-hetero) is 1. The fourth-order valence-corrected chi connectivity index (χ4v) is 8.31. The molecular weight excluding hydrogens is 683 g/mol. The zero-order chi connectivity index (χ0) is 38.7. The molecule has 11 heteroatoms. The third kappa shape index (κ3) is 16.0. The van der Waals surface area contributed by atoms with Crippen LogP contribution in [0.1, 0.15) is 105 Å². The number of carbonyl (C=O) groups is 2. The SMILES string of the molecule is C/C(=C/C[C@H](OCOCC[Si](C)(C)C)/C(C)=C/c1csc(C)n1)CCC[C@H](C)[C@H](O)[C@@H](C)C(=O)C(C)(C)[C@H](CC(=O)O)O[Si](C)(C)C(C)(C)C. The molecule has 1 aromatic heterocycles. The number of carboxylic acid groups (broad SMARTS) is 1. The van der Waals surface area contributed by atoms with E-state index in [4.69, 9.17) is 13.9 Å². The van der Waals surface area contributed by atoms with E-state index < -0.39 is 45.9 Å². The number of nitrogens with zero attached hydrogens (tertiary/aromatic N) is 1. The van der Waals surface area contributed by atoms with Gasteiger partial charge in [0.25, 0.3) is 0 Å². The lowest BCUT2D eigenvalue weighted by molar-refractivity contribution is -0.146. The average Bonchev–Trinajstić information content (AvgIpc) is 3.39. The van der Waals surface area contributed by atoms with Gasteiger partial charge in [-0.15, -0.1) is 11.3 Å². The first-order chi connectivity index (χ1) is 22.8. The molecule has 1 heterocycles. The van der Waals surface area contributed by atoms with Crippen LogP contribution < -0.4 is 0 Å². The largest absolute Gasteiger partial charge is 0.481 e. The number of ketones is 1. The molecule has 1 aromatic rings. The summed E-state index contributed by atoms with van der Waals surface area (Å²) in [6.45, 7) is 31.9. The summed E-state index contributed by atoms with van der Waals surface area (Å²) in [5.74, 6) is -1.92. The summed E-state index contributed by atoms with van der Waals surface area (Å²) < 4.78 is 18.6. The van der Waals surface area contributed by atoms with Gasteiger partial charge in [-0.3, -0.25) is 9.59 Å². The molecule has 0 amide bonds. The minimum atomic E-state index is -2.36. The van der Waals surface area contributed by atoms with E-state index in [1.54, 1.807) is 32.1 Å². The third-order valence-electron chi connectivity index (χ3n) is 10.3. The van der Waals surface area contributed by atoms with E-state index in [1.807, 2.05) is 13.8 Å². The lowest BCUT2D eigenvalue weighted by atomic mass is 9.73. The van der Waals surface area contributed by atoms with Crippen molar-refractivity contribution in [3.05, 3.63) is 33.3 Å². The molecule has 1 rings (SSSR count). The van der Waals surface area contributed by atoms with Crippen molar-refractivity contribution in [2.45, 2.75) is 163 Å². The van der Waals surface area contributed by atoms with Gasteiger partial charge < -0.3 is 24.1 Å². The molecule has 0 unspecified atom stereocenters. The van der Waals surface area contributed by atoms with E-state index in [9.17, 15) is 19.8 Å². The molecule has 5 atom stereocenters. The van der Waals surface area contributed by atoms with Gasteiger partial charge in [-0.25, -0.2) is 4.98 Å². The van der Waals surface area contributed by atoms with Crippen LogP contribution in [0.2, 0.25) is 43.8 Å². The number of ether oxygens (including phenoxy) is 2. The van der Waals surface area contributed by atoms with Crippen molar-refractivity contribution in [2.24, 2.45) is 17.3 Å². The second kappa shape index (κ2) is 20.1. The van der Waals surface area contributed by atoms with Crippen LogP contribution >= 0.6 is 11.3 Å². The molecule has 0 saturated carbocycles. The highest BCUT2D eigenvalue weighted by Crippen LogP contribution is 2.42. The lowest BCUT2D eigenvalue weighted by Gasteiger charge is -2.44. The predicted molar refractivity (Wildman–Crippen MR) is 214 cm³/mol.